The Labute approximate surface area is 166 Å². The summed E-state index contributed by atoms with van der Waals surface area (Å²) in [6.07, 6.45) is 0.970. The molecule has 156 valence electrons. The quantitative estimate of drug-likeness (QED) is 0.392. The molecule has 0 radical (unpaired) electrons. The molecule has 1 saturated heterocycles. The third-order valence-electron chi connectivity index (χ3n) is 4.60. The van der Waals surface area contributed by atoms with Crippen molar-refractivity contribution >= 4 is 11.9 Å². The highest BCUT2D eigenvalue weighted by Gasteiger charge is 2.10. The van der Waals surface area contributed by atoms with Crippen molar-refractivity contribution in [3.8, 4) is 0 Å². The molecule has 0 spiro atoms. The number of hydrogen-bond acceptors (Lipinski definition) is 4. The van der Waals surface area contributed by atoms with E-state index in [-0.39, 0.29) is 18.3 Å². The van der Waals surface area contributed by atoms with Crippen LogP contribution in [0.4, 0.5) is 4.39 Å². The second-order valence-corrected chi connectivity index (χ2v) is 7.12. The maximum absolute atomic E-state index is 13.4. The number of rotatable bonds is 8. The molecule has 0 bridgehead atoms. The zero-order valence-electron chi connectivity index (χ0n) is 17.1. The van der Waals surface area contributed by atoms with Gasteiger partial charge in [-0.1, -0.05) is 12.1 Å². The Morgan fingerprint density at radius 2 is 2.04 bits per heavy atom. The van der Waals surface area contributed by atoms with Crippen LogP contribution in [-0.2, 0) is 16.1 Å². The molecule has 1 aromatic rings. The molecule has 28 heavy (non-hydrogen) atoms. The lowest BCUT2D eigenvalue weighted by Crippen LogP contribution is -2.44. The number of morpholine rings is 1. The summed E-state index contributed by atoms with van der Waals surface area (Å²) in [5.41, 5.74) is 1.52. The molecule has 1 heterocycles. The largest absolute Gasteiger partial charge is 0.379 e. The highest BCUT2D eigenvalue weighted by molar-refractivity contribution is 5.86. The minimum Gasteiger partial charge on any atom is -0.379 e. The SMILES string of the molecule is Cc1cc(CN=C(NCCCN2CCOCC2)NCC(=O)N(C)C)ccc1F. The fourth-order valence-electron chi connectivity index (χ4n) is 2.80. The number of carbonyl (C=O) groups excluding carboxylic acids is 1. The molecular weight excluding hydrogens is 361 g/mol. The number of likely N-dealkylation sites (N-methyl/N-ethyl adjacent to an activating group) is 1. The van der Waals surface area contributed by atoms with Crippen LogP contribution >= 0.6 is 0 Å². The van der Waals surface area contributed by atoms with Crippen LogP contribution in [0.2, 0.25) is 0 Å². The number of nitrogens with zero attached hydrogens (tertiary/aromatic N) is 3. The first-order chi connectivity index (χ1) is 13.5. The van der Waals surface area contributed by atoms with Gasteiger partial charge < -0.3 is 20.3 Å². The maximum atomic E-state index is 13.4. The van der Waals surface area contributed by atoms with Gasteiger partial charge in [0.25, 0.3) is 0 Å². The molecule has 1 aromatic carbocycles. The topological polar surface area (TPSA) is 69.2 Å². The number of hydrogen-bond donors (Lipinski definition) is 2. The zero-order valence-corrected chi connectivity index (χ0v) is 17.1. The molecule has 1 amide bonds. The fourth-order valence-corrected chi connectivity index (χ4v) is 2.80. The van der Waals surface area contributed by atoms with Crippen molar-refractivity contribution in [1.29, 1.82) is 0 Å². The predicted molar refractivity (Wildman–Crippen MR) is 109 cm³/mol. The lowest BCUT2D eigenvalue weighted by molar-refractivity contribution is -0.127. The number of benzene rings is 1. The summed E-state index contributed by atoms with van der Waals surface area (Å²) in [4.78, 5) is 20.3. The van der Waals surface area contributed by atoms with Gasteiger partial charge in [-0.25, -0.2) is 9.38 Å². The van der Waals surface area contributed by atoms with E-state index in [1.165, 1.54) is 11.0 Å². The Kier molecular flexibility index (Phi) is 9.16. The first-order valence-electron chi connectivity index (χ1n) is 9.73. The van der Waals surface area contributed by atoms with Gasteiger partial charge in [-0.15, -0.1) is 0 Å². The Hall–Kier alpha value is -2.19. The third-order valence-corrected chi connectivity index (χ3v) is 4.60. The summed E-state index contributed by atoms with van der Waals surface area (Å²) in [6, 6.07) is 4.98. The molecule has 0 unspecified atom stereocenters. The van der Waals surface area contributed by atoms with Gasteiger partial charge in [-0.2, -0.15) is 0 Å². The van der Waals surface area contributed by atoms with Crippen LogP contribution in [0, 0.1) is 12.7 Å². The van der Waals surface area contributed by atoms with Crippen LogP contribution in [0.1, 0.15) is 17.5 Å². The molecule has 7 nitrogen and oxygen atoms in total. The van der Waals surface area contributed by atoms with Gasteiger partial charge in [0.05, 0.1) is 26.3 Å². The molecule has 0 atom stereocenters. The number of ether oxygens (including phenoxy) is 1. The molecule has 0 aromatic heterocycles. The van der Waals surface area contributed by atoms with Crippen molar-refractivity contribution in [3.63, 3.8) is 0 Å². The number of guanidine groups is 1. The number of halogens is 1. The molecule has 8 heteroatoms. The van der Waals surface area contributed by atoms with Gasteiger partial charge in [-0.05, 0) is 37.1 Å². The van der Waals surface area contributed by atoms with Crippen LogP contribution in [0.5, 0.6) is 0 Å². The summed E-state index contributed by atoms with van der Waals surface area (Å²) in [5, 5.41) is 6.36. The van der Waals surface area contributed by atoms with E-state index in [0.717, 1.165) is 51.4 Å². The lowest BCUT2D eigenvalue weighted by Gasteiger charge is -2.26. The Morgan fingerprint density at radius 1 is 1.29 bits per heavy atom. The van der Waals surface area contributed by atoms with E-state index in [4.69, 9.17) is 4.74 Å². The highest BCUT2D eigenvalue weighted by Crippen LogP contribution is 2.10. The van der Waals surface area contributed by atoms with Gasteiger partial charge in [0.15, 0.2) is 5.96 Å². The molecule has 2 rings (SSSR count). The summed E-state index contributed by atoms with van der Waals surface area (Å²) >= 11 is 0. The average molecular weight is 394 g/mol. The second-order valence-electron chi connectivity index (χ2n) is 7.12. The zero-order chi connectivity index (χ0) is 20.4. The van der Waals surface area contributed by atoms with Crippen LogP contribution in [0.3, 0.4) is 0 Å². The van der Waals surface area contributed by atoms with E-state index < -0.39 is 0 Å². The smallest absolute Gasteiger partial charge is 0.241 e. The van der Waals surface area contributed by atoms with Gasteiger partial charge in [0, 0.05) is 33.7 Å². The van der Waals surface area contributed by atoms with E-state index >= 15 is 0 Å². The van der Waals surface area contributed by atoms with Crippen LogP contribution in [0.15, 0.2) is 23.2 Å². The van der Waals surface area contributed by atoms with Crippen molar-refractivity contribution in [2.75, 3.05) is 60.0 Å². The molecular formula is C20H32FN5O2. The lowest BCUT2D eigenvalue weighted by atomic mass is 10.1. The maximum Gasteiger partial charge on any atom is 0.241 e. The first-order valence-corrected chi connectivity index (χ1v) is 9.73. The first kappa shape index (κ1) is 22.1. The Bertz CT molecular complexity index is 660. The summed E-state index contributed by atoms with van der Waals surface area (Å²) < 4.78 is 18.8. The predicted octanol–water partition coefficient (Wildman–Crippen LogP) is 0.980. The van der Waals surface area contributed by atoms with Crippen molar-refractivity contribution in [2.24, 2.45) is 4.99 Å². The number of amides is 1. The fraction of sp³-hybridized carbons (Fsp3) is 0.600. The molecule has 2 N–H and O–H groups in total. The number of aliphatic imine (C=N–C) groups is 1. The highest BCUT2D eigenvalue weighted by atomic mass is 19.1. The Balaban J connectivity index is 1.87. The molecule has 0 aliphatic carbocycles. The van der Waals surface area contributed by atoms with Crippen LogP contribution in [-0.4, -0.2) is 81.7 Å². The van der Waals surface area contributed by atoms with Gasteiger partial charge >= 0.3 is 0 Å². The summed E-state index contributed by atoms with van der Waals surface area (Å²) in [6.45, 7) is 7.61. The van der Waals surface area contributed by atoms with Crippen LogP contribution < -0.4 is 10.6 Å². The van der Waals surface area contributed by atoms with E-state index in [9.17, 15) is 9.18 Å². The van der Waals surface area contributed by atoms with Crippen molar-refractivity contribution in [3.05, 3.63) is 35.1 Å². The monoisotopic (exact) mass is 393 g/mol. The number of nitrogens with one attached hydrogen (secondary N) is 2. The standard InChI is InChI=1S/C20H32FN5O2/c1-16-13-17(5-6-18(16)21)14-23-20(24-15-19(27)25(2)3)22-7-4-8-26-9-11-28-12-10-26/h5-6,13H,4,7-12,14-15H2,1-3H3,(H2,22,23,24). The minimum atomic E-state index is -0.219. The summed E-state index contributed by atoms with van der Waals surface area (Å²) in [7, 11) is 3.44. The van der Waals surface area contributed by atoms with Crippen molar-refractivity contribution in [1.82, 2.24) is 20.4 Å². The third kappa shape index (κ3) is 7.82. The number of aryl methyl sites for hydroxylation is 1. The average Bonchev–Trinajstić information content (AvgIpc) is 2.69. The van der Waals surface area contributed by atoms with E-state index in [0.29, 0.717) is 18.1 Å². The minimum absolute atomic E-state index is 0.0274. The summed E-state index contributed by atoms with van der Waals surface area (Å²) in [5.74, 6) is 0.337. The van der Waals surface area contributed by atoms with E-state index in [1.807, 2.05) is 0 Å². The molecule has 1 aliphatic heterocycles. The van der Waals surface area contributed by atoms with Crippen molar-refractivity contribution < 1.29 is 13.9 Å². The second kappa shape index (κ2) is 11.6. The normalized spacial score (nSPS) is 15.4. The van der Waals surface area contributed by atoms with E-state index in [2.05, 4.69) is 20.5 Å². The van der Waals surface area contributed by atoms with Gasteiger partial charge in [-0.3, -0.25) is 9.69 Å². The molecule has 1 aliphatic rings. The number of carbonyl (C=O) groups is 1. The van der Waals surface area contributed by atoms with Gasteiger partial charge in [0.2, 0.25) is 5.91 Å². The van der Waals surface area contributed by atoms with Crippen molar-refractivity contribution in [2.45, 2.75) is 19.9 Å². The molecule has 1 fully saturated rings. The Morgan fingerprint density at radius 3 is 2.71 bits per heavy atom. The molecule has 0 saturated carbocycles. The van der Waals surface area contributed by atoms with E-state index in [1.54, 1.807) is 33.2 Å². The van der Waals surface area contributed by atoms with Crippen LogP contribution in [0.25, 0.3) is 0 Å². The van der Waals surface area contributed by atoms with Gasteiger partial charge in [0.1, 0.15) is 5.82 Å².